The van der Waals surface area contributed by atoms with Crippen molar-refractivity contribution in [1.82, 2.24) is 15.1 Å². The van der Waals surface area contributed by atoms with E-state index in [-0.39, 0.29) is 5.91 Å². The molecule has 0 bridgehead atoms. The number of amides is 1. The second-order valence-corrected chi connectivity index (χ2v) is 7.12. The molecule has 1 aromatic heterocycles. The second-order valence-electron chi connectivity index (χ2n) is 6.27. The molecule has 0 spiro atoms. The highest BCUT2D eigenvalue weighted by atomic mass is 79.9. The number of ether oxygens (including phenoxy) is 1. The monoisotopic (exact) mass is 427 g/mol. The van der Waals surface area contributed by atoms with E-state index in [1.165, 1.54) is 0 Å². The molecule has 0 aliphatic carbocycles. The van der Waals surface area contributed by atoms with Crippen LogP contribution in [0.4, 0.5) is 0 Å². The van der Waals surface area contributed by atoms with Gasteiger partial charge in [-0.3, -0.25) is 9.48 Å². The van der Waals surface area contributed by atoms with E-state index in [0.717, 1.165) is 28.6 Å². The molecule has 0 radical (unpaired) electrons. The van der Waals surface area contributed by atoms with Gasteiger partial charge < -0.3 is 10.1 Å². The van der Waals surface area contributed by atoms with Crippen molar-refractivity contribution in [3.05, 3.63) is 82.1 Å². The lowest BCUT2D eigenvalue weighted by Crippen LogP contribution is -2.25. The Hall–Kier alpha value is -2.60. The summed E-state index contributed by atoms with van der Waals surface area (Å²) >= 11 is 3.51. The van der Waals surface area contributed by atoms with E-state index in [1.54, 1.807) is 6.07 Å². The third-order valence-electron chi connectivity index (χ3n) is 4.08. The minimum atomic E-state index is -0.130. The normalized spacial score (nSPS) is 10.6. The van der Waals surface area contributed by atoms with Crippen LogP contribution < -0.4 is 10.1 Å². The summed E-state index contributed by atoms with van der Waals surface area (Å²) in [6.07, 6.45) is 4.64. The lowest BCUT2D eigenvalue weighted by Gasteiger charge is -2.12. The first-order chi connectivity index (χ1) is 13.1. The van der Waals surface area contributed by atoms with Gasteiger partial charge in [0, 0.05) is 29.3 Å². The molecule has 5 nitrogen and oxygen atoms in total. The summed E-state index contributed by atoms with van der Waals surface area (Å²) in [4.78, 5) is 12.5. The Kier molecular flexibility index (Phi) is 6.65. The molecule has 2 aromatic carbocycles. The molecule has 140 valence electrons. The van der Waals surface area contributed by atoms with Gasteiger partial charge in [-0.15, -0.1) is 0 Å². The molecule has 0 aliphatic heterocycles. The van der Waals surface area contributed by atoms with Gasteiger partial charge in [-0.2, -0.15) is 5.10 Å². The third-order valence-corrected chi connectivity index (χ3v) is 4.86. The van der Waals surface area contributed by atoms with Gasteiger partial charge in [0.05, 0.1) is 11.8 Å². The molecule has 1 heterocycles. The predicted octanol–water partition coefficient (Wildman–Crippen LogP) is 4.35. The Balaban J connectivity index is 1.54. The van der Waals surface area contributed by atoms with Crippen LogP contribution >= 0.6 is 15.9 Å². The molecule has 0 saturated heterocycles. The molecule has 0 saturated carbocycles. The van der Waals surface area contributed by atoms with Crippen LogP contribution in [0.2, 0.25) is 0 Å². The first-order valence-corrected chi connectivity index (χ1v) is 9.65. The maximum Gasteiger partial charge on any atom is 0.255 e. The predicted molar refractivity (Wildman–Crippen MR) is 109 cm³/mol. The van der Waals surface area contributed by atoms with Gasteiger partial charge in [-0.05, 0) is 37.1 Å². The molecule has 3 rings (SSSR count). The van der Waals surface area contributed by atoms with Crippen LogP contribution in [0, 0.1) is 6.92 Å². The fourth-order valence-corrected chi connectivity index (χ4v) is 3.08. The summed E-state index contributed by atoms with van der Waals surface area (Å²) in [6, 6.07) is 15.2. The highest BCUT2D eigenvalue weighted by Crippen LogP contribution is 2.22. The van der Waals surface area contributed by atoms with E-state index >= 15 is 0 Å². The average Bonchev–Trinajstić information content (AvgIpc) is 3.10. The standard InChI is InChI=1S/C21H22BrN3O2/c1-16-13-24-25(14-16)12-6-11-23-21(26)18-8-3-5-10-20(18)27-15-17-7-2-4-9-19(17)22/h2-5,7-10,13-14H,6,11-12,15H2,1H3,(H,23,26). The maximum atomic E-state index is 12.5. The van der Waals surface area contributed by atoms with Crippen molar-refractivity contribution >= 4 is 21.8 Å². The van der Waals surface area contributed by atoms with Crippen LogP contribution in [0.25, 0.3) is 0 Å². The van der Waals surface area contributed by atoms with Crippen molar-refractivity contribution in [2.45, 2.75) is 26.5 Å². The van der Waals surface area contributed by atoms with Crippen molar-refractivity contribution in [3.8, 4) is 5.75 Å². The van der Waals surface area contributed by atoms with E-state index < -0.39 is 0 Å². The quantitative estimate of drug-likeness (QED) is 0.543. The van der Waals surface area contributed by atoms with Crippen LogP contribution in [0.3, 0.4) is 0 Å². The summed E-state index contributed by atoms with van der Waals surface area (Å²) in [6.45, 7) is 3.76. The number of benzene rings is 2. The Morgan fingerprint density at radius 3 is 2.74 bits per heavy atom. The zero-order valence-electron chi connectivity index (χ0n) is 15.2. The Labute approximate surface area is 167 Å². The van der Waals surface area contributed by atoms with Crippen LogP contribution in [0.5, 0.6) is 5.75 Å². The molecule has 0 atom stereocenters. The zero-order valence-corrected chi connectivity index (χ0v) is 16.8. The summed E-state index contributed by atoms with van der Waals surface area (Å²) < 4.78 is 8.77. The molecule has 1 N–H and O–H groups in total. The smallest absolute Gasteiger partial charge is 0.255 e. The number of nitrogens with zero attached hydrogens (tertiary/aromatic N) is 2. The SMILES string of the molecule is Cc1cnn(CCCNC(=O)c2ccccc2OCc2ccccc2Br)c1. The first kappa shape index (κ1) is 19.2. The summed E-state index contributed by atoms with van der Waals surface area (Å²) in [5, 5.41) is 7.20. The van der Waals surface area contributed by atoms with E-state index in [9.17, 15) is 4.79 Å². The molecule has 0 unspecified atom stereocenters. The highest BCUT2D eigenvalue weighted by Gasteiger charge is 2.12. The number of carbonyl (C=O) groups excluding carboxylic acids is 1. The van der Waals surface area contributed by atoms with E-state index in [2.05, 4.69) is 26.3 Å². The van der Waals surface area contributed by atoms with E-state index in [0.29, 0.717) is 24.5 Å². The number of rotatable bonds is 8. The van der Waals surface area contributed by atoms with Crippen molar-refractivity contribution in [1.29, 1.82) is 0 Å². The van der Waals surface area contributed by atoms with Crippen molar-refractivity contribution in [2.24, 2.45) is 0 Å². The lowest BCUT2D eigenvalue weighted by molar-refractivity contribution is 0.0948. The van der Waals surface area contributed by atoms with Crippen molar-refractivity contribution < 1.29 is 9.53 Å². The van der Waals surface area contributed by atoms with Gasteiger partial charge in [0.1, 0.15) is 12.4 Å². The fourth-order valence-electron chi connectivity index (χ4n) is 2.68. The van der Waals surface area contributed by atoms with Crippen molar-refractivity contribution in [2.75, 3.05) is 6.54 Å². The van der Waals surface area contributed by atoms with Crippen LogP contribution in [0.1, 0.15) is 27.9 Å². The number of aryl methyl sites for hydroxylation is 2. The maximum absolute atomic E-state index is 12.5. The van der Waals surface area contributed by atoms with E-state index in [1.807, 2.05) is 66.5 Å². The fraction of sp³-hybridized carbons (Fsp3) is 0.238. The number of hydrogen-bond acceptors (Lipinski definition) is 3. The zero-order chi connectivity index (χ0) is 19.1. The number of aromatic nitrogens is 2. The molecule has 3 aromatic rings. The Bertz CT molecular complexity index is 908. The molecule has 27 heavy (non-hydrogen) atoms. The number of halogens is 1. The molecule has 6 heteroatoms. The minimum absolute atomic E-state index is 0.130. The number of para-hydroxylation sites is 1. The van der Waals surface area contributed by atoms with E-state index in [4.69, 9.17) is 4.74 Å². The van der Waals surface area contributed by atoms with Gasteiger partial charge in [-0.25, -0.2) is 0 Å². The lowest BCUT2D eigenvalue weighted by atomic mass is 10.2. The molecule has 0 fully saturated rings. The topological polar surface area (TPSA) is 56.2 Å². The molecular formula is C21H22BrN3O2. The van der Waals surface area contributed by atoms with Gasteiger partial charge in [0.2, 0.25) is 0 Å². The van der Waals surface area contributed by atoms with Gasteiger partial charge in [-0.1, -0.05) is 46.3 Å². The summed E-state index contributed by atoms with van der Waals surface area (Å²) in [5.74, 6) is 0.447. The summed E-state index contributed by atoms with van der Waals surface area (Å²) in [7, 11) is 0. The van der Waals surface area contributed by atoms with Crippen LogP contribution in [-0.4, -0.2) is 22.2 Å². The Morgan fingerprint density at radius 1 is 1.19 bits per heavy atom. The van der Waals surface area contributed by atoms with Gasteiger partial charge in [0.25, 0.3) is 5.91 Å². The minimum Gasteiger partial charge on any atom is -0.488 e. The number of hydrogen-bond donors (Lipinski definition) is 1. The highest BCUT2D eigenvalue weighted by molar-refractivity contribution is 9.10. The molecular weight excluding hydrogens is 406 g/mol. The second kappa shape index (κ2) is 9.37. The summed E-state index contributed by atoms with van der Waals surface area (Å²) in [5.41, 5.74) is 2.71. The van der Waals surface area contributed by atoms with Gasteiger partial charge in [0.15, 0.2) is 0 Å². The molecule has 0 aliphatic rings. The van der Waals surface area contributed by atoms with Gasteiger partial charge >= 0.3 is 0 Å². The first-order valence-electron chi connectivity index (χ1n) is 8.86. The van der Waals surface area contributed by atoms with Crippen LogP contribution in [0.15, 0.2) is 65.4 Å². The number of carbonyl (C=O) groups is 1. The number of nitrogens with one attached hydrogen (secondary N) is 1. The average molecular weight is 428 g/mol. The largest absolute Gasteiger partial charge is 0.488 e. The van der Waals surface area contributed by atoms with Crippen molar-refractivity contribution in [3.63, 3.8) is 0 Å². The molecule has 1 amide bonds. The third kappa shape index (κ3) is 5.44. The van der Waals surface area contributed by atoms with Crippen LogP contribution in [-0.2, 0) is 13.2 Å². The Morgan fingerprint density at radius 2 is 1.96 bits per heavy atom.